The maximum atomic E-state index is 12.5. The maximum absolute atomic E-state index is 12.5. The van der Waals surface area contributed by atoms with Gasteiger partial charge in [-0.1, -0.05) is 20.8 Å². The zero-order valence-corrected chi connectivity index (χ0v) is 13.4. The molecule has 1 heterocycles. The summed E-state index contributed by atoms with van der Waals surface area (Å²) in [6.07, 6.45) is 2.03. The van der Waals surface area contributed by atoms with Crippen molar-refractivity contribution < 1.29 is 14.7 Å². The Morgan fingerprint density at radius 3 is 2.55 bits per heavy atom. The Hall–Kier alpha value is -0.750. The van der Waals surface area contributed by atoms with Crippen LogP contribution in [0, 0.1) is 11.8 Å². The second-order valence-electron chi connectivity index (χ2n) is 5.79. The molecule has 0 radical (unpaired) electrons. The van der Waals surface area contributed by atoms with Gasteiger partial charge >= 0.3 is 5.97 Å². The first kappa shape index (κ1) is 17.3. The third-order valence-electron chi connectivity index (χ3n) is 3.62. The van der Waals surface area contributed by atoms with Gasteiger partial charge in [0.1, 0.15) is 6.04 Å². The highest BCUT2D eigenvalue weighted by Crippen LogP contribution is 2.32. The summed E-state index contributed by atoms with van der Waals surface area (Å²) < 4.78 is 0. The predicted octanol–water partition coefficient (Wildman–Crippen LogP) is 1.76. The van der Waals surface area contributed by atoms with E-state index in [-0.39, 0.29) is 17.2 Å². The lowest BCUT2D eigenvalue weighted by atomic mass is 9.93. The maximum Gasteiger partial charge on any atom is 0.327 e. The van der Waals surface area contributed by atoms with E-state index >= 15 is 0 Å². The van der Waals surface area contributed by atoms with Gasteiger partial charge in [0.25, 0.3) is 0 Å². The van der Waals surface area contributed by atoms with Crippen LogP contribution in [0.3, 0.4) is 0 Å². The lowest BCUT2D eigenvalue weighted by Crippen LogP contribution is -2.46. The van der Waals surface area contributed by atoms with Crippen LogP contribution in [0.5, 0.6) is 0 Å². The van der Waals surface area contributed by atoms with Gasteiger partial charge in [-0.2, -0.15) is 0 Å². The number of carbonyl (C=O) groups is 2. The Labute approximate surface area is 125 Å². The number of carbonyl (C=O) groups excluding carboxylic acids is 1. The Bertz CT molecular complexity index is 349. The van der Waals surface area contributed by atoms with E-state index in [1.807, 2.05) is 6.92 Å². The predicted molar refractivity (Wildman–Crippen MR) is 81.4 cm³/mol. The summed E-state index contributed by atoms with van der Waals surface area (Å²) in [5, 5.41) is 9.24. The second-order valence-corrected chi connectivity index (χ2v) is 7.00. The summed E-state index contributed by atoms with van der Waals surface area (Å²) in [6.45, 7) is 6.66. The van der Waals surface area contributed by atoms with Crippen molar-refractivity contribution in [3.63, 3.8) is 0 Å². The average Bonchev–Trinajstić information content (AvgIpc) is 2.81. The highest BCUT2D eigenvalue weighted by Gasteiger charge is 2.40. The van der Waals surface area contributed by atoms with Crippen LogP contribution in [0.2, 0.25) is 0 Å². The number of thioether (sulfide) groups is 1. The van der Waals surface area contributed by atoms with Crippen LogP contribution in [0.25, 0.3) is 0 Å². The highest BCUT2D eigenvalue weighted by atomic mass is 32.2. The van der Waals surface area contributed by atoms with Crippen molar-refractivity contribution in [3.8, 4) is 0 Å². The number of hydrogen-bond acceptors (Lipinski definition) is 4. The number of nitrogens with two attached hydrogens (primary N) is 1. The molecule has 1 aliphatic heterocycles. The quantitative estimate of drug-likeness (QED) is 0.748. The number of nitrogens with zero attached hydrogens (tertiary/aromatic N) is 1. The van der Waals surface area contributed by atoms with E-state index in [9.17, 15) is 14.7 Å². The Morgan fingerprint density at radius 2 is 2.10 bits per heavy atom. The molecule has 6 heteroatoms. The van der Waals surface area contributed by atoms with Crippen molar-refractivity contribution in [1.29, 1.82) is 0 Å². The Kier molecular flexibility index (Phi) is 6.82. The summed E-state index contributed by atoms with van der Waals surface area (Å²) in [7, 11) is 0. The fourth-order valence-corrected chi connectivity index (χ4v) is 4.05. The highest BCUT2D eigenvalue weighted by molar-refractivity contribution is 8.00. The van der Waals surface area contributed by atoms with Crippen molar-refractivity contribution in [1.82, 2.24) is 4.90 Å². The summed E-state index contributed by atoms with van der Waals surface area (Å²) >= 11 is 1.56. The third kappa shape index (κ3) is 4.38. The molecule has 0 spiro atoms. The molecule has 1 rings (SSSR count). The minimum atomic E-state index is -0.907. The average molecular weight is 302 g/mol. The molecule has 1 amide bonds. The molecule has 3 atom stereocenters. The summed E-state index contributed by atoms with van der Waals surface area (Å²) in [5.74, 6) is 0.138. The van der Waals surface area contributed by atoms with Crippen LogP contribution in [0.4, 0.5) is 0 Å². The first-order valence-electron chi connectivity index (χ1n) is 7.26. The van der Waals surface area contributed by atoms with Gasteiger partial charge in [-0.3, -0.25) is 4.79 Å². The molecule has 0 saturated carbocycles. The normalized spacial score (nSPS) is 24.1. The minimum Gasteiger partial charge on any atom is -0.480 e. The standard InChI is InChI=1S/C14H26N2O3S/c1-4-13-16(11(8-20-13)14(18)19)12(17)6-10(7-15)5-9(2)3/h9-11,13H,4-8,15H2,1-3H3,(H,18,19)/t10-,11?,13?/m0/s1. The number of amides is 1. The molecule has 116 valence electrons. The molecule has 0 aliphatic carbocycles. The molecular weight excluding hydrogens is 276 g/mol. The SMILES string of the molecule is CCC1SCC(C(=O)O)N1C(=O)C[C@@H](CN)CC(C)C. The van der Waals surface area contributed by atoms with E-state index in [2.05, 4.69) is 13.8 Å². The topological polar surface area (TPSA) is 83.6 Å². The van der Waals surface area contributed by atoms with Crippen LogP contribution in [-0.2, 0) is 9.59 Å². The number of carboxylic acids is 1. The monoisotopic (exact) mass is 302 g/mol. The van der Waals surface area contributed by atoms with E-state index in [1.54, 1.807) is 16.7 Å². The Morgan fingerprint density at radius 1 is 1.45 bits per heavy atom. The zero-order valence-electron chi connectivity index (χ0n) is 12.5. The third-order valence-corrected chi connectivity index (χ3v) is 5.07. The van der Waals surface area contributed by atoms with Gasteiger partial charge in [0.15, 0.2) is 0 Å². The molecule has 0 aromatic carbocycles. The second kappa shape index (κ2) is 7.88. The van der Waals surface area contributed by atoms with E-state index in [0.717, 1.165) is 12.8 Å². The number of hydrogen-bond donors (Lipinski definition) is 2. The van der Waals surface area contributed by atoms with Crippen molar-refractivity contribution in [3.05, 3.63) is 0 Å². The molecule has 1 fully saturated rings. The van der Waals surface area contributed by atoms with Crippen LogP contribution in [0.15, 0.2) is 0 Å². The zero-order chi connectivity index (χ0) is 15.3. The molecule has 0 aromatic rings. The van der Waals surface area contributed by atoms with Crippen molar-refractivity contribution in [2.24, 2.45) is 17.6 Å². The number of carboxylic acid groups (broad SMARTS) is 1. The summed E-state index contributed by atoms with van der Waals surface area (Å²) in [4.78, 5) is 25.3. The van der Waals surface area contributed by atoms with Crippen molar-refractivity contribution in [2.45, 2.75) is 51.4 Å². The van der Waals surface area contributed by atoms with E-state index in [1.165, 1.54) is 0 Å². The molecule has 3 N–H and O–H groups in total. The van der Waals surface area contributed by atoms with E-state index < -0.39 is 12.0 Å². The van der Waals surface area contributed by atoms with Crippen molar-refractivity contribution >= 4 is 23.6 Å². The van der Waals surface area contributed by atoms with Crippen LogP contribution in [-0.4, -0.2) is 45.6 Å². The first-order valence-corrected chi connectivity index (χ1v) is 8.31. The largest absolute Gasteiger partial charge is 0.480 e. The summed E-state index contributed by atoms with van der Waals surface area (Å²) in [5.41, 5.74) is 5.74. The van der Waals surface area contributed by atoms with Gasteiger partial charge in [-0.05, 0) is 31.2 Å². The smallest absolute Gasteiger partial charge is 0.327 e. The Balaban J connectivity index is 2.73. The van der Waals surface area contributed by atoms with E-state index in [4.69, 9.17) is 5.73 Å². The molecule has 5 nitrogen and oxygen atoms in total. The lowest BCUT2D eigenvalue weighted by Gasteiger charge is -2.28. The van der Waals surface area contributed by atoms with Crippen LogP contribution in [0.1, 0.15) is 40.0 Å². The molecule has 0 aromatic heterocycles. The number of rotatable bonds is 7. The van der Waals surface area contributed by atoms with Gasteiger partial charge < -0.3 is 15.7 Å². The first-order chi connectivity index (χ1) is 9.40. The molecular formula is C14H26N2O3S. The molecule has 0 bridgehead atoms. The van der Waals surface area contributed by atoms with Crippen LogP contribution < -0.4 is 5.73 Å². The molecule has 2 unspecified atom stereocenters. The molecule has 20 heavy (non-hydrogen) atoms. The lowest BCUT2D eigenvalue weighted by molar-refractivity contribution is -0.149. The number of aliphatic carboxylic acids is 1. The minimum absolute atomic E-state index is 0.0129. The molecule has 1 aliphatic rings. The van der Waals surface area contributed by atoms with Gasteiger partial charge in [0, 0.05) is 12.2 Å². The van der Waals surface area contributed by atoms with Gasteiger partial charge in [0.05, 0.1) is 5.37 Å². The van der Waals surface area contributed by atoms with Gasteiger partial charge in [-0.25, -0.2) is 4.79 Å². The van der Waals surface area contributed by atoms with Gasteiger partial charge in [-0.15, -0.1) is 11.8 Å². The summed E-state index contributed by atoms with van der Waals surface area (Å²) in [6, 6.07) is -0.685. The van der Waals surface area contributed by atoms with E-state index in [0.29, 0.717) is 24.6 Å². The fraction of sp³-hybridized carbons (Fsp3) is 0.857. The van der Waals surface area contributed by atoms with Crippen molar-refractivity contribution in [2.75, 3.05) is 12.3 Å². The van der Waals surface area contributed by atoms with Gasteiger partial charge in [0.2, 0.25) is 5.91 Å². The molecule has 1 saturated heterocycles. The van der Waals surface area contributed by atoms with Crippen LogP contribution >= 0.6 is 11.8 Å². The fourth-order valence-electron chi connectivity index (χ4n) is 2.68.